The molecule has 2 rings (SSSR count). The van der Waals surface area contributed by atoms with Crippen LogP contribution >= 0.6 is 0 Å². The second-order valence-corrected chi connectivity index (χ2v) is 4.93. The number of amides is 2. The molecule has 0 aliphatic rings. The molecule has 0 fully saturated rings. The maximum Gasteiger partial charge on any atom is 0.433 e. The Hall–Kier alpha value is -3.16. The molecular weight excluding hydrogens is 335 g/mol. The molecule has 2 aromatic rings. The van der Waals surface area contributed by atoms with Crippen LogP contribution in [0.5, 0.6) is 0 Å². The van der Waals surface area contributed by atoms with E-state index in [-0.39, 0.29) is 23.4 Å². The highest BCUT2D eigenvalue weighted by Gasteiger charge is 2.32. The normalized spacial score (nSPS) is 10.8. The van der Waals surface area contributed by atoms with Gasteiger partial charge < -0.3 is 10.6 Å². The number of hydrogen-bond donors (Lipinski definition) is 2. The van der Waals surface area contributed by atoms with Gasteiger partial charge in [-0.05, 0) is 24.3 Å². The topological polar surface area (TPSA) is 71.1 Å². The Morgan fingerprint density at radius 3 is 2.44 bits per heavy atom. The molecule has 0 atom stereocenters. The molecule has 0 unspecified atom stereocenters. The Balaban J connectivity index is 2.18. The number of alkyl halides is 3. The van der Waals surface area contributed by atoms with Gasteiger partial charge in [-0.3, -0.25) is 14.6 Å². The van der Waals surface area contributed by atoms with E-state index in [9.17, 15) is 22.8 Å². The minimum absolute atomic E-state index is 0.0608. The van der Waals surface area contributed by atoms with Gasteiger partial charge in [0.15, 0.2) is 0 Å². The van der Waals surface area contributed by atoms with Crippen LogP contribution in [-0.4, -0.2) is 23.3 Å². The number of para-hydroxylation sites is 1. The molecule has 0 radical (unpaired) electrons. The van der Waals surface area contributed by atoms with Crippen LogP contribution in [0, 0.1) is 0 Å². The summed E-state index contributed by atoms with van der Waals surface area (Å²) in [6.45, 7) is 3.74. The van der Waals surface area contributed by atoms with Crippen LogP contribution < -0.4 is 10.6 Å². The van der Waals surface area contributed by atoms with Crippen LogP contribution in [-0.2, 0) is 6.18 Å². The van der Waals surface area contributed by atoms with Crippen molar-refractivity contribution in [3.05, 3.63) is 72.1 Å². The molecule has 5 nitrogen and oxygen atoms in total. The molecule has 2 N–H and O–H groups in total. The first-order valence-electron chi connectivity index (χ1n) is 7.15. The molecule has 0 bridgehead atoms. The van der Waals surface area contributed by atoms with Gasteiger partial charge in [0.1, 0.15) is 5.69 Å². The van der Waals surface area contributed by atoms with Gasteiger partial charge in [-0.15, -0.1) is 6.58 Å². The van der Waals surface area contributed by atoms with E-state index >= 15 is 0 Å². The lowest BCUT2D eigenvalue weighted by molar-refractivity contribution is -0.141. The van der Waals surface area contributed by atoms with E-state index in [2.05, 4.69) is 22.2 Å². The Morgan fingerprint density at radius 1 is 1.12 bits per heavy atom. The van der Waals surface area contributed by atoms with Crippen LogP contribution in [0.15, 0.2) is 55.3 Å². The zero-order chi connectivity index (χ0) is 18.4. The third-order valence-electron chi connectivity index (χ3n) is 3.14. The quantitative estimate of drug-likeness (QED) is 0.814. The van der Waals surface area contributed by atoms with Crippen molar-refractivity contribution in [1.29, 1.82) is 0 Å². The van der Waals surface area contributed by atoms with Gasteiger partial charge in [0.05, 0.1) is 16.8 Å². The molecule has 0 aliphatic carbocycles. The Bertz CT molecular complexity index is 786. The number of aromatic nitrogens is 1. The van der Waals surface area contributed by atoms with Crippen molar-refractivity contribution in [2.24, 2.45) is 0 Å². The number of nitrogens with zero attached hydrogens (tertiary/aromatic N) is 1. The van der Waals surface area contributed by atoms with Crippen molar-refractivity contribution in [3.8, 4) is 0 Å². The van der Waals surface area contributed by atoms with Gasteiger partial charge in [0, 0.05) is 12.7 Å². The summed E-state index contributed by atoms with van der Waals surface area (Å²) < 4.78 is 37.5. The molecule has 0 saturated heterocycles. The Kier molecular flexibility index (Phi) is 5.53. The molecular formula is C17H14F3N3O2. The smallest absolute Gasteiger partial charge is 0.349 e. The number of pyridine rings is 1. The number of hydrogen-bond acceptors (Lipinski definition) is 3. The molecule has 2 amide bonds. The van der Waals surface area contributed by atoms with Crippen LogP contribution in [0.1, 0.15) is 26.4 Å². The Labute approximate surface area is 141 Å². The first-order chi connectivity index (χ1) is 11.8. The SMILES string of the molecule is C=CCNC(=O)c1ccccc1NC(=O)c1ccc(C(F)(F)F)nc1. The van der Waals surface area contributed by atoms with Crippen LogP contribution in [0.25, 0.3) is 0 Å². The fourth-order valence-corrected chi connectivity index (χ4v) is 1.94. The molecule has 8 heteroatoms. The van der Waals surface area contributed by atoms with Gasteiger partial charge in [0.2, 0.25) is 0 Å². The predicted octanol–water partition coefficient (Wildman–Crippen LogP) is 3.27. The largest absolute Gasteiger partial charge is 0.433 e. The molecule has 1 aromatic heterocycles. The maximum atomic E-state index is 12.5. The van der Waals surface area contributed by atoms with E-state index in [0.717, 1.165) is 18.3 Å². The first-order valence-corrected chi connectivity index (χ1v) is 7.15. The van der Waals surface area contributed by atoms with E-state index < -0.39 is 23.7 Å². The molecule has 1 aromatic carbocycles. The first kappa shape index (κ1) is 18.2. The second kappa shape index (κ2) is 7.61. The zero-order valence-corrected chi connectivity index (χ0v) is 12.9. The van der Waals surface area contributed by atoms with Crippen molar-refractivity contribution < 1.29 is 22.8 Å². The van der Waals surface area contributed by atoms with E-state index in [1.165, 1.54) is 18.2 Å². The third-order valence-corrected chi connectivity index (χ3v) is 3.14. The minimum Gasteiger partial charge on any atom is -0.349 e. The summed E-state index contributed by atoms with van der Waals surface area (Å²) in [6.07, 6.45) is -2.24. The van der Waals surface area contributed by atoms with Crippen molar-refractivity contribution in [3.63, 3.8) is 0 Å². The van der Waals surface area contributed by atoms with Crippen LogP contribution in [0.4, 0.5) is 18.9 Å². The third kappa shape index (κ3) is 4.66. The van der Waals surface area contributed by atoms with Gasteiger partial charge in [-0.2, -0.15) is 13.2 Å². The van der Waals surface area contributed by atoms with Gasteiger partial charge in [0.25, 0.3) is 11.8 Å². The number of anilines is 1. The lowest BCUT2D eigenvalue weighted by atomic mass is 10.1. The number of benzene rings is 1. The average Bonchev–Trinajstić information content (AvgIpc) is 2.59. The highest BCUT2D eigenvalue weighted by Crippen LogP contribution is 2.27. The molecule has 0 spiro atoms. The summed E-state index contributed by atoms with van der Waals surface area (Å²) in [4.78, 5) is 27.5. The summed E-state index contributed by atoms with van der Waals surface area (Å²) >= 11 is 0. The molecule has 25 heavy (non-hydrogen) atoms. The molecule has 0 saturated carbocycles. The summed E-state index contributed by atoms with van der Waals surface area (Å²) in [5, 5.41) is 5.08. The number of nitrogens with one attached hydrogen (secondary N) is 2. The van der Waals surface area contributed by atoms with E-state index in [1.54, 1.807) is 12.1 Å². The van der Waals surface area contributed by atoms with E-state index in [0.29, 0.717) is 0 Å². The maximum absolute atomic E-state index is 12.5. The monoisotopic (exact) mass is 349 g/mol. The number of carbonyl (C=O) groups excluding carboxylic acids is 2. The zero-order valence-electron chi connectivity index (χ0n) is 12.9. The summed E-state index contributed by atoms with van der Waals surface area (Å²) in [6, 6.07) is 8.00. The Morgan fingerprint density at radius 2 is 1.84 bits per heavy atom. The van der Waals surface area contributed by atoms with Crippen LogP contribution in [0.3, 0.4) is 0 Å². The van der Waals surface area contributed by atoms with E-state index in [4.69, 9.17) is 0 Å². The standard InChI is InChI=1S/C17H14F3N3O2/c1-2-9-21-16(25)12-5-3-4-6-13(12)23-15(24)11-7-8-14(22-10-11)17(18,19)20/h2-8,10H,1,9H2,(H,21,25)(H,23,24). The molecule has 1 heterocycles. The summed E-state index contributed by atoms with van der Waals surface area (Å²) in [5.74, 6) is -1.09. The van der Waals surface area contributed by atoms with Crippen molar-refractivity contribution >= 4 is 17.5 Å². The number of rotatable bonds is 5. The average molecular weight is 349 g/mol. The second-order valence-electron chi connectivity index (χ2n) is 4.93. The van der Waals surface area contributed by atoms with Crippen molar-refractivity contribution in [1.82, 2.24) is 10.3 Å². The highest BCUT2D eigenvalue weighted by atomic mass is 19.4. The lowest BCUT2D eigenvalue weighted by Gasteiger charge is -2.11. The molecule has 130 valence electrons. The summed E-state index contributed by atoms with van der Waals surface area (Å²) in [5.41, 5.74) is -0.700. The van der Waals surface area contributed by atoms with Crippen LogP contribution in [0.2, 0.25) is 0 Å². The van der Waals surface area contributed by atoms with Crippen molar-refractivity contribution in [2.75, 3.05) is 11.9 Å². The summed E-state index contributed by atoms with van der Waals surface area (Å²) in [7, 11) is 0. The number of halogens is 3. The predicted molar refractivity (Wildman–Crippen MR) is 86.2 cm³/mol. The van der Waals surface area contributed by atoms with Gasteiger partial charge >= 0.3 is 6.18 Å². The fourth-order valence-electron chi connectivity index (χ4n) is 1.94. The molecule has 0 aliphatic heterocycles. The number of carbonyl (C=O) groups is 2. The van der Waals surface area contributed by atoms with E-state index in [1.807, 2.05) is 0 Å². The van der Waals surface area contributed by atoms with Crippen molar-refractivity contribution in [2.45, 2.75) is 6.18 Å². The van der Waals surface area contributed by atoms with Gasteiger partial charge in [-0.1, -0.05) is 18.2 Å². The van der Waals surface area contributed by atoms with Gasteiger partial charge in [-0.25, -0.2) is 0 Å². The fraction of sp³-hybridized carbons (Fsp3) is 0.118. The lowest BCUT2D eigenvalue weighted by Crippen LogP contribution is -2.25. The highest BCUT2D eigenvalue weighted by molar-refractivity contribution is 6.08. The minimum atomic E-state index is -4.58.